The summed E-state index contributed by atoms with van der Waals surface area (Å²) >= 11 is 0. The van der Waals surface area contributed by atoms with Crippen LogP contribution in [0.15, 0.2) is 48.5 Å². The van der Waals surface area contributed by atoms with Crippen LogP contribution in [-0.2, 0) is 4.79 Å². The highest BCUT2D eigenvalue weighted by atomic mass is 16.6. The van der Waals surface area contributed by atoms with Gasteiger partial charge in [-0.15, -0.1) is 0 Å². The molecular formula is C23H28N2O5. The Bertz CT molecular complexity index is 839. The predicted octanol–water partition coefficient (Wildman–Crippen LogP) is 5.18. The van der Waals surface area contributed by atoms with Crippen molar-refractivity contribution < 1.29 is 19.2 Å². The number of aldehydes is 1. The number of nitro benzene ring substituents is 1. The van der Waals surface area contributed by atoms with Crippen molar-refractivity contribution >= 4 is 23.6 Å². The molecule has 0 spiro atoms. The number of para-hydroxylation sites is 1. The molecule has 2 aromatic carbocycles. The fraction of sp³-hybridized carbons (Fsp3) is 0.391. The highest BCUT2D eigenvalue weighted by molar-refractivity contribution is 5.93. The van der Waals surface area contributed by atoms with Gasteiger partial charge in [-0.25, -0.2) is 0 Å². The largest absolute Gasteiger partial charge is 0.494 e. The van der Waals surface area contributed by atoms with Crippen LogP contribution in [0.4, 0.5) is 11.4 Å². The van der Waals surface area contributed by atoms with Crippen molar-refractivity contribution in [1.29, 1.82) is 0 Å². The summed E-state index contributed by atoms with van der Waals surface area (Å²) in [5.74, 6) is 0.410. The molecule has 0 saturated carbocycles. The smallest absolute Gasteiger partial charge is 0.280 e. The molecule has 0 aliphatic rings. The van der Waals surface area contributed by atoms with Gasteiger partial charge >= 0.3 is 0 Å². The maximum Gasteiger partial charge on any atom is 0.280 e. The molecule has 0 unspecified atom stereocenters. The number of amides is 1. The van der Waals surface area contributed by atoms with E-state index in [1.165, 1.54) is 18.2 Å². The van der Waals surface area contributed by atoms with Crippen molar-refractivity contribution in [2.24, 2.45) is 0 Å². The molecule has 0 aliphatic carbocycles. The summed E-state index contributed by atoms with van der Waals surface area (Å²) in [6.45, 7) is 3.12. The monoisotopic (exact) mass is 412 g/mol. The first-order chi connectivity index (χ1) is 14.6. The summed E-state index contributed by atoms with van der Waals surface area (Å²) in [5.41, 5.74) is 0.607. The molecule has 0 aliphatic heterocycles. The second kappa shape index (κ2) is 12.4. The van der Waals surface area contributed by atoms with E-state index in [0.29, 0.717) is 31.4 Å². The first kappa shape index (κ1) is 23.1. The Balaban J connectivity index is 1.89. The maximum absolute atomic E-state index is 12.8. The van der Waals surface area contributed by atoms with Gasteiger partial charge in [-0.1, -0.05) is 44.4 Å². The first-order valence-electron chi connectivity index (χ1n) is 10.3. The molecule has 2 rings (SSSR count). The van der Waals surface area contributed by atoms with Crippen molar-refractivity contribution in [2.75, 3.05) is 18.1 Å². The Kier molecular flexibility index (Phi) is 9.51. The van der Waals surface area contributed by atoms with Gasteiger partial charge in [-0.2, -0.15) is 0 Å². The number of nitro groups is 1. The van der Waals surface area contributed by atoms with Crippen LogP contribution in [0.3, 0.4) is 0 Å². The van der Waals surface area contributed by atoms with Crippen molar-refractivity contribution in [3.05, 3.63) is 64.2 Å². The van der Waals surface area contributed by atoms with Gasteiger partial charge < -0.3 is 9.64 Å². The van der Waals surface area contributed by atoms with Crippen LogP contribution in [-0.4, -0.2) is 30.3 Å². The number of carbonyl (C=O) groups is 2. The molecule has 0 saturated heterocycles. The van der Waals surface area contributed by atoms with Crippen LogP contribution in [0.2, 0.25) is 0 Å². The number of hydrogen-bond acceptors (Lipinski definition) is 5. The number of hydrogen-bond donors (Lipinski definition) is 0. The van der Waals surface area contributed by atoms with Crippen LogP contribution < -0.4 is 9.64 Å². The topological polar surface area (TPSA) is 89.8 Å². The third-order valence-electron chi connectivity index (χ3n) is 4.73. The zero-order valence-electron chi connectivity index (χ0n) is 17.3. The van der Waals surface area contributed by atoms with Gasteiger partial charge in [0.2, 0.25) is 5.91 Å². The fourth-order valence-corrected chi connectivity index (χ4v) is 3.13. The third-order valence-corrected chi connectivity index (χ3v) is 4.73. The van der Waals surface area contributed by atoms with Crippen LogP contribution in [0.25, 0.3) is 0 Å². The third kappa shape index (κ3) is 6.99. The molecule has 0 N–H and O–H groups in total. The number of nitrogens with zero attached hydrogens (tertiary/aromatic N) is 2. The van der Waals surface area contributed by atoms with E-state index in [0.717, 1.165) is 31.4 Å². The average Bonchev–Trinajstić information content (AvgIpc) is 2.77. The van der Waals surface area contributed by atoms with Crippen LogP contribution in [0.1, 0.15) is 55.8 Å². The van der Waals surface area contributed by atoms with E-state index < -0.39 is 4.92 Å². The minimum absolute atomic E-state index is 0.0316. The number of rotatable bonds is 13. The van der Waals surface area contributed by atoms with Gasteiger partial charge in [-0.3, -0.25) is 19.7 Å². The lowest BCUT2D eigenvalue weighted by molar-refractivity contribution is -0.385. The fourth-order valence-electron chi connectivity index (χ4n) is 3.13. The summed E-state index contributed by atoms with van der Waals surface area (Å²) in [6, 6.07) is 13.7. The molecular weight excluding hydrogens is 384 g/mol. The van der Waals surface area contributed by atoms with Gasteiger partial charge in [0, 0.05) is 24.7 Å². The Morgan fingerprint density at radius 2 is 1.87 bits per heavy atom. The van der Waals surface area contributed by atoms with E-state index >= 15 is 0 Å². The molecule has 7 heteroatoms. The number of benzene rings is 2. The number of unbranched alkanes of at least 4 members (excludes halogenated alkanes) is 3. The molecule has 0 radical (unpaired) electrons. The van der Waals surface area contributed by atoms with Crippen molar-refractivity contribution in [1.82, 2.24) is 0 Å². The maximum atomic E-state index is 12.8. The van der Waals surface area contributed by atoms with Crippen LogP contribution in [0.5, 0.6) is 5.75 Å². The number of anilines is 1. The van der Waals surface area contributed by atoms with E-state index in [4.69, 9.17) is 4.74 Å². The normalized spacial score (nSPS) is 10.4. The molecule has 0 atom stereocenters. The second-order valence-electron chi connectivity index (χ2n) is 6.99. The SMILES string of the molecule is CCCCCCN(C(=O)CCCOc1ccc([N+](=O)[O-])c(C=O)c1)c1ccccc1. The van der Waals surface area contributed by atoms with Gasteiger partial charge in [-0.05, 0) is 37.1 Å². The van der Waals surface area contributed by atoms with E-state index in [2.05, 4.69) is 6.92 Å². The summed E-state index contributed by atoms with van der Waals surface area (Å²) in [6.07, 6.45) is 5.62. The van der Waals surface area contributed by atoms with Crippen molar-refractivity contribution in [3.8, 4) is 5.75 Å². The second-order valence-corrected chi connectivity index (χ2v) is 6.99. The van der Waals surface area contributed by atoms with E-state index in [-0.39, 0.29) is 23.8 Å². The summed E-state index contributed by atoms with van der Waals surface area (Å²) in [5, 5.41) is 10.9. The minimum atomic E-state index is -0.606. The molecule has 160 valence electrons. The molecule has 2 aromatic rings. The minimum Gasteiger partial charge on any atom is -0.494 e. The highest BCUT2D eigenvalue weighted by Gasteiger charge is 2.16. The van der Waals surface area contributed by atoms with Gasteiger partial charge in [0.05, 0.1) is 17.1 Å². The average molecular weight is 412 g/mol. The number of ether oxygens (including phenoxy) is 1. The molecule has 30 heavy (non-hydrogen) atoms. The van der Waals surface area contributed by atoms with Crippen molar-refractivity contribution in [2.45, 2.75) is 45.4 Å². The number of carbonyl (C=O) groups excluding carboxylic acids is 2. The molecule has 0 aromatic heterocycles. The lowest BCUT2D eigenvalue weighted by atomic mass is 10.1. The molecule has 7 nitrogen and oxygen atoms in total. The standard InChI is InChI=1S/C23H28N2O5/c1-2-3-4-8-15-24(20-10-6-5-7-11-20)23(27)12-9-16-30-21-13-14-22(25(28)29)19(17-21)18-26/h5-7,10-11,13-14,17-18H,2-4,8-9,12,15-16H2,1H3. The Hall–Kier alpha value is -3.22. The summed E-state index contributed by atoms with van der Waals surface area (Å²) in [4.78, 5) is 35.9. The first-order valence-corrected chi connectivity index (χ1v) is 10.3. The molecule has 0 heterocycles. The van der Waals surface area contributed by atoms with Gasteiger partial charge in [0.1, 0.15) is 5.75 Å². The predicted molar refractivity (Wildman–Crippen MR) is 116 cm³/mol. The van der Waals surface area contributed by atoms with E-state index in [1.54, 1.807) is 0 Å². The highest BCUT2D eigenvalue weighted by Crippen LogP contribution is 2.23. The Morgan fingerprint density at radius 1 is 1.10 bits per heavy atom. The summed E-state index contributed by atoms with van der Waals surface area (Å²) in [7, 11) is 0. The quantitative estimate of drug-likeness (QED) is 0.196. The molecule has 0 bridgehead atoms. The Morgan fingerprint density at radius 3 is 2.53 bits per heavy atom. The zero-order chi connectivity index (χ0) is 21.8. The van der Waals surface area contributed by atoms with Crippen molar-refractivity contribution in [3.63, 3.8) is 0 Å². The Labute approximate surface area is 176 Å². The van der Waals surface area contributed by atoms with Crippen LogP contribution in [0, 0.1) is 10.1 Å². The van der Waals surface area contributed by atoms with E-state index in [1.807, 2.05) is 35.2 Å². The van der Waals surface area contributed by atoms with Gasteiger partial charge in [0.25, 0.3) is 5.69 Å². The van der Waals surface area contributed by atoms with Gasteiger partial charge in [0.15, 0.2) is 6.29 Å². The zero-order valence-corrected chi connectivity index (χ0v) is 17.3. The molecule has 0 fully saturated rings. The molecule has 1 amide bonds. The lowest BCUT2D eigenvalue weighted by Gasteiger charge is -2.23. The lowest BCUT2D eigenvalue weighted by Crippen LogP contribution is -2.32. The van der Waals surface area contributed by atoms with E-state index in [9.17, 15) is 19.7 Å². The summed E-state index contributed by atoms with van der Waals surface area (Å²) < 4.78 is 5.58. The van der Waals surface area contributed by atoms with Crippen LogP contribution >= 0.6 is 0 Å².